The number of carboxylic acid groups (broad SMARTS) is 1. The summed E-state index contributed by atoms with van der Waals surface area (Å²) in [4.78, 5) is 31.9. The van der Waals surface area contributed by atoms with Crippen molar-refractivity contribution in [2.45, 2.75) is 0 Å². The lowest BCUT2D eigenvalue weighted by Crippen LogP contribution is -2.12. The minimum atomic E-state index is -1.52. The normalized spacial score (nSPS) is 10.4. The Kier molecular flexibility index (Phi) is 2.12. The van der Waals surface area contributed by atoms with Crippen molar-refractivity contribution in [3.8, 4) is 0 Å². The highest BCUT2D eigenvalue weighted by Gasteiger charge is 2.15. The van der Waals surface area contributed by atoms with Crippen LogP contribution in [0.5, 0.6) is 0 Å². The second-order valence-corrected chi connectivity index (χ2v) is 3.73. The Bertz CT molecular complexity index is 606. The van der Waals surface area contributed by atoms with Crippen LogP contribution in [-0.4, -0.2) is 16.9 Å². The van der Waals surface area contributed by atoms with E-state index in [1.165, 1.54) is 18.2 Å². The second-order valence-electron chi connectivity index (χ2n) is 2.75. The van der Waals surface area contributed by atoms with Gasteiger partial charge in [-0.3, -0.25) is 4.79 Å². The number of carbonyl (C=O) groups excluding carboxylic acids is 1. The molecular formula is C9H4O5S. The highest BCUT2D eigenvalue weighted by molar-refractivity contribution is 7.16. The van der Waals surface area contributed by atoms with Gasteiger partial charge < -0.3 is 9.52 Å². The average molecular weight is 224 g/mol. The van der Waals surface area contributed by atoms with E-state index in [1.54, 1.807) is 0 Å². The van der Waals surface area contributed by atoms with Crippen molar-refractivity contribution >= 4 is 33.4 Å². The molecule has 0 aliphatic rings. The SMILES string of the molecule is O=C(O)C(=O)c1ccc2oc(=O)sc2c1. The van der Waals surface area contributed by atoms with Crippen molar-refractivity contribution in [1.82, 2.24) is 0 Å². The van der Waals surface area contributed by atoms with E-state index in [2.05, 4.69) is 0 Å². The summed E-state index contributed by atoms with van der Waals surface area (Å²) >= 11 is 0.828. The molecule has 5 nitrogen and oxygen atoms in total. The van der Waals surface area contributed by atoms with Gasteiger partial charge in [-0.2, -0.15) is 0 Å². The van der Waals surface area contributed by atoms with E-state index in [9.17, 15) is 14.4 Å². The van der Waals surface area contributed by atoms with E-state index in [1.807, 2.05) is 0 Å². The highest BCUT2D eigenvalue weighted by atomic mass is 32.1. The van der Waals surface area contributed by atoms with Crippen LogP contribution in [0.3, 0.4) is 0 Å². The van der Waals surface area contributed by atoms with Gasteiger partial charge in [0.15, 0.2) is 0 Å². The molecule has 1 aromatic carbocycles. The minimum absolute atomic E-state index is 0.0343. The molecular weight excluding hydrogens is 220 g/mol. The van der Waals surface area contributed by atoms with Gasteiger partial charge in [0.25, 0.3) is 5.78 Å². The van der Waals surface area contributed by atoms with E-state index in [0.717, 1.165) is 11.3 Å². The zero-order valence-corrected chi connectivity index (χ0v) is 8.04. The number of aliphatic carboxylic acids is 1. The van der Waals surface area contributed by atoms with Gasteiger partial charge in [-0.25, -0.2) is 9.59 Å². The molecule has 0 saturated heterocycles. The zero-order chi connectivity index (χ0) is 11.0. The lowest BCUT2D eigenvalue weighted by molar-refractivity contribution is -0.131. The number of Topliss-reactive ketones (excluding diaryl/α,β-unsaturated/α-hetero) is 1. The van der Waals surface area contributed by atoms with E-state index in [-0.39, 0.29) is 5.56 Å². The Hall–Kier alpha value is -1.95. The van der Waals surface area contributed by atoms with Crippen LogP contribution in [0.2, 0.25) is 0 Å². The number of benzene rings is 1. The maximum Gasteiger partial charge on any atom is 0.396 e. The molecule has 0 atom stereocenters. The maximum absolute atomic E-state index is 11.1. The lowest BCUT2D eigenvalue weighted by atomic mass is 10.1. The first-order valence-electron chi connectivity index (χ1n) is 3.89. The molecule has 1 heterocycles. The first-order chi connectivity index (χ1) is 7.08. The van der Waals surface area contributed by atoms with Gasteiger partial charge in [0.05, 0.1) is 4.70 Å². The Morgan fingerprint density at radius 3 is 2.73 bits per heavy atom. The summed E-state index contributed by atoms with van der Waals surface area (Å²) in [7, 11) is 0. The van der Waals surface area contributed by atoms with Crippen molar-refractivity contribution in [3.63, 3.8) is 0 Å². The van der Waals surface area contributed by atoms with Gasteiger partial charge in [0.1, 0.15) is 5.58 Å². The standard InChI is InChI=1S/C9H4O5S/c10-7(8(11)12)4-1-2-5-6(3-4)15-9(13)14-5/h1-3H,(H,11,12). The summed E-state index contributed by atoms with van der Waals surface area (Å²) < 4.78 is 5.23. The molecule has 6 heteroatoms. The molecule has 2 aromatic rings. The second kappa shape index (κ2) is 3.32. The van der Waals surface area contributed by atoms with Crippen LogP contribution in [0, 0.1) is 0 Å². The molecule has 0 unspecified atom stereocenters. The smallest absolute Gasteiger partial charge is 0.396 e. The molecule has 0 spiro atoms. The molecule has 0 fully saturated rings. The van der Waals surface area contributed by atoms with Crippen molar-refractivity contribution in [1.29, 1.82) is 0 Å². The summed E-state index contributed by atoms with van der Waals surface area (Å²) in [5, 5.41) is 8.48. The molecule has 0 saturated carbocycles. The van der Waals surface area contributed by atoms with Crippen LogP contribution in [0.25, 0.3) is 10.3 Å². The summed E-state index contributed by atoms with van der Waals surface area (Å²) in [6, 6.07) is 4.05. The van der Waals surface area contributed by atoms with E-state index in [4.69, 9.17) is 9.52 Å². The zero-order valence-electron chi connectivity index (χ0n) is 7.22. The van der Waals surface area contributed by atoms with Crippen LogP contribution < -0.4 is 4.94 Å². The molecule has 15 heavy (non-hydrogen) atoms. The monoisotopic (exact) mass is 224 g/mol. The number of carboxylic acids is 1. The van der Waals surface area contributed by atoms with Gasteiger partial charge in [0, 0.05) is 5.56 Å². The van der Waals surface area contributed by atoms with Gasteiger partial charge in [-0.15, -0.1) is 0 Å². The molecule has 76 valence electrons. The van der Waals surface area contributed by atoms with Crippen LogP contribution in [-0.2, 0) is 4.79 Å². The van der Waals surface area contributed by atoms with Crippen LogP contribution in [0.1, 0.15) is 10.4 Å². The Morgan fingerprint density at radius 1 is 1.33 bits per heavy atom. The van der Waals surface area contributed by atoms with E-state index >= 15 is 0 Å². The molecule has 2 rings (SSSR count). The van der Waals surface area contributed by atoms with E-state index in [0.29, 0.717) is 10.3 Å². The Morgan fingerprint density at radius 2 is 2.07 bits per heavy atom. The number of rotatable bonds is 2. The van der Waals surface area contributed by atoms with Crippen LogP contribution in [0.4, 0.5) is 0 Å². The lowest BCUT2D eigenvalue weighted by Gasteiger charge is -1.94. The predicted molar refractivity (Wildman–Crippen MR) is 52.3 cm³/mol. The van der Waals surface area contributed by atoms with E-state index < -0.39 is 16.7 Å². The van der Waals surface area contributed by atoms with Gasteiger partial charge in [-0.1, -0.05) is 11.3 Å². The topological polar surface area (TPSA) is 84.6 Å². The number of fused-ring (bicyclic) bond motifs is 1. The minimum Gasteiger partial charge on any atom is -0.475 e. The maximum atomic E-state index is 11.1. The summed E-state index contributed by atoms with van der Waals surface area (Å²) in [6.07, 6.45) is 0. The number of hydrogen-bond donors (Lipinski definition) is 1. The first kappa shape index (κ1) is 9.60. The van der Waals surface area contributed by atoms with Crippen LogP contribution in [0.15, 0.2) is 27.4 Å². The number of carbonyl (C=O) groups is 2. The third-order valence-electron chi connectivity index (χ3n) is 1.79. The molecule has 1 aromatic heterocycles. The molecule has 0 bridgehead atoms. The fourth-order valence-electron chi connectivity index (χ4n) is 1.14. The molecule has 1 N–H and O–H groups in total. The van der Waals surface area contributed by atoms with Gasteiger partial charge in [0.2, 0.25) is 0 Å². The summed E-state index contributed by atoms with van der Waals surface area (Å²) in [5.41, 5.74) is 0.388. The fraction of sp³-hybridized carbons (Fsp3) is 0. The largest absolute Gasteiger partial charge is 0.475 e. The third-order valence-corrected chi connectivity index (χ3v) is 2.58. The average Bonchev–Trinajstić information content (AvgIpc) is 2.55. The summed E-state index contributed by atoms with van der Waals surface area (Å²) in [5.74, 6) is -2.53. The molecule has 0 radical (unpaired) electrons. The molecule has 0 amide bonds. The highest BCUT2D eigenvalue weighted by Crippen LogP contribution is 2.18. The Balaban J connectivity index is 2.60. The number of hydrogen-bond acceptors (Lipinski definition) is 5. The quantitative estimate of drug-likeness (QED) is 0.610. The van der Waals surface area contributed by atoms with Crippen molar-refractivity contribution in [3.05, 3.63) is 33.5 Å². The summed E-state index contributed by atoms with van der Waals surface area (Å²) in [6.45, 7) is 0. The molecule has 0 aliphatic heterocycles. The van der Waals surface area contributed by atoms with Crippen LogP contribution >= 0.6 is 11.3 Å². The van der Waals surface area contributed by atoms with Gasteiger partial charge in [-0.05, 0) is 18.2 Å². The Labute approximate surface area is 86.6 Å². The third kappa shape index (κ3) is 1.66. The van der Waals surface area contributed by atoms with Gasteiger partial charge >= 0.3 is 10.9 Å². The number of ketones is 1. The predicted octanol–water partition coefficient (Wildman–Crippen LogP) is 1.12. The van der Waals surface area contributed by atoms with Crippen molar-refractivity contribution in [2.75, 3.05) is 0 Å². The fourth-order valence-corrected chi connectivity index (χ4v) is 1.84. The first-order valence-corrected chi connectivity index (χ1v) is 4.71. The van der Waals surface area contributed by atoms with Crippen molar-refractivity contribution in [2.24, 2.45) is 0 Å². The van der Waals surface area contributed by atoms with Crippen molar-refractivity contribution < 1.29 is 19.1 Å². The molecule has 0 aliphatic carbocycles.